The molecule has 0 spiro atoms. The van der Waals surface area contributed by atoms with Crippen molar-refractivity contribution in [2.45, 2.75) is 20.8 Å². The van der Waals surface area contributed by atoms with Gasteiger partial charge >= 0.3 is 0 Å². The van der Waals surface area contributed by atoms with Crippen LogP contribution in [0, 0.1) is 13.8 Å². The van der Waals surface area contributed by atoms with Crippen molar-refractivity contribution in [2.75, 3.05) is 16.6 Å². The van der Waals surface area contributed by atoms with Crippen molar-refractivity contribution >= 4 is 40.2 Å². The zero-order valence-corrected chi connectivity index (χ0v) is 17.6. The van der Waals surface area contributed by atoms with Crippen LogP contribution in [0.2, 0.25) is 0 Å². The molecule has 4 nitrogen and oxygen atoms in total. The number of thiocarbonyl (C=S) groups is 1. The van der Waals surface area contributed by atoms with E-state index < -0.39 is 0 Å². The van der Waals surface area contributed by atoms with Gasteiger partial charge in [0.05, 0.1) is 11.4 Å². The molecule has 0 unspecified atom stereocenters. The van der Waals surface area contributed by atoms with Gasteiger partial charge in [-0.25, -0.2) is 10.0 Å². The zero-order chi connectivity index (χ0) is 20.5. The molecule has 1 aliphatic rings. The number of para-hydroxylation sites is 2. The fourth-order valence-corrected chi connectivity index (χ4v) is 4.06. The highest BCUT2D eigenvalue weighted by Crippen LogP contribution is 2.37. The molecule has 3 aromatic rings. The predicted molar refractivity (Wildman–Crippen MR) is 123 cm³/mol. The molecule has 0 fully saturated rings. The van der Waals surface area contributed by atoms with Crippen molar-refractivity contribution in [3.05, 3.63) is 89.5 Å². The minimum Gasteiger partial charge on any atom is -0.320 e. The van der Waals surface area contributed by atoms with E-state index in [0.717, 1.165) is 22.6 Å². The summed E-state index contributed by atoms with van der Waals surface area (Å²) in [7, 11) is 0. The van der Waals surface area contributed by atoms with Gasteiger partial charge in [0.1, 0.15) is 11.7 Å². The second kappa shape index (κ2) is 7.68. The molecule has 1 aliphatic heterocycles. The molecule has 0 saturated carbocycles. The smallest absolute Gasteiger partial charge is 0.242 e. The van der Waals surface area contributed by atoms with Crippen LogP contribution in [0.4, 0.5) is 17.1 Å². The number of hydrogen-bond acceptors (Lipinski definition) is 3. The number of benzene rings is 3. The number of nitrogens with zero attached hydrogens (tertiary/aromatic N) is 3. The summed E-state index contributed by atoms with van der Waals surface area (Å²) in [6.45, 7) is 6.26. The fourth-order valence-electron chi connectivity index (χ4n) is 3.75. The number of aryl methyl sites for hydroxylation is 1. The Hall–Kier alpha value is -3.18. The van der Waals surface area contributed by atoms with Gasteiger partial charge in [0, 0.05) is 18.2 Å². The van der Waals surface area contributed by atoms with Crippen LogP contribution in [-0.2, 0) is 4.79 Å². The molecule has 0 atom stereocenters. The van der Waals surface area contributed by atoms with Crippen molar-refractivity contribution in [3.8, 4) is 0 Å². The van der Waals surface area contributed by atoms with Gasteiger partial charge in [-0.05, 0) is 55.3 Å². The number of fused-ring (bicyclic) bond motifs is 1. The maximum Gasteiger partial charge on any atom is 0.242 e. The quantitative estimate of drug-likeness (QED) is 0.552. The number of hydrogen-bond donors (Lipinski definition) is 0. The third kappa shape index (κ3) is 3.38. The first-order valence-corrected chi connectivity index (χ1v) is 10.00. The minimum absolute atomic E-state index is 0.0844. The molecule has 4 rings (SSSR count). The van der Waals surface area contributed by atoms with Crippen molar-refractivity contribution in [1.82, 2.24) is 5.01 Å². The summed E-state index contributed by atoms with van der Waals surface area (Å²) in [5, 5.41) is 3.55. The first-order chi connectivity index (χ1) is 14.0. The van der Waals surface area contributed by atoms with Gasteiger partial charge in [0.15, 0.2) is 0 Å². The minimum atomic E-state index is -0.0844. The molecule has 3 aromatic carbocycles. The van der Waals surface area contributed by atoms with Gasteiger partial charge in [-0.15, -0.1) is 0 Å². The number of carbonyl (C=O) groups excluding carboxylic acids is 1. The predicted octanol–water partition coefficient (Wildman–Crippen LogP) is 5.36. The number of rotatable bonds is 3. The fraction of sp³-hybridized carbons (Fsp3) is 0.167. The highest BCUT2D eigenvalue weighted by molar-refractivity contribution is 7.80. The Balaban J connectivity index is 1.87. The molecule has 29 heavy (non-hydrogen) atoms. The summed E-state index contributed by atoms with van der Waals surface area (Å²) in [6.07, 6.45) is 0. The Morgan fingerprint density at radius 1 is 0.897 bits per heavy atom. The maximum absolute atomic E-state index is 12.7. The molecule has 1 amide bonds. The van der Waals surface area contributed by atoms with E-state index in [1.807, 2.05) is 53.5 Å². The summed E-state index contributed by atoms with van der Waals surface area (Å²) in [4.78, 5) is 15.5. The molecular weight excluding hydrogens is 378 g/mol. The van der Waals surface area contributed by atoms with E-state index in [9.17, 15) is 4.79 Å². The highest BCUT2D eigenvalue weighted by Gasteiger charge is 2.33. The van der Waals surface area contributed by atoms with Crippen LogP contribution in [0.1, 0.15) is 23.6 Å². The monoisotopic (exact) mass is 401 g/mol. The van der Waals surface area contributed by atoms with E-state index in [1.165, 1.54) is 11.1 Å². The molecule has 146 valence electrons. The van der Waals surface area contributed by atoms with Crippen molar-refractivity contribution in [3.63, 3.8) is 0 Å². The van der Waals surface area contributed by atoms with Crippen LogP contribution in [0.25, 0.3) is 0 Å². The Labute approximate surface area is 176 Å². The lowest BCUT2D eigenvalue weighted by molar-refractivity contribution is -0.118. The molecule has 1 heterocycles. The average molecular weight is 402 g/mol. The molecular formula is C24H23N3OS. The molecule has 0 radical (unpaired) electrons. The van der Waals surface area contributed by atoms with Gasteiger partial charge in [0.25, 0.3) is 0 Å². The molecule has 5 heteroatoms. The van der Waals surface area contributed by atoms with Crippen LogP contribution in [0.3, 0.4) is 0 Å². The van der Waals surface area contributed by atoms with E-state index in [0.29, 0.717) is 11.7 Å². The molecule has 0 aliphatic carbocycles. The zero-order valence-electron chi connectivity index (χ0n) is 16.8. The highest BCUT2D eigenvalue weighted by atomic mass is 32.1. The lowest BCUT2D eigenvalue weighted by Crippen LogP contribution is -2.55. The van der Waals surface area contributed by atoms with Crippen LogP contribution in [0.5, 0.6) is 0 Å². The van der Waals surface area contributed by atoms with Crippen molar-refractivity contribution in [2.24, 2.45) is 0 Å². The number of anilines is 3. The lowest BCUT2D eigenvalue weighted by Gasteiger charge is -2.44. The molecule has 0 bridgehead atoms. The number of carbonyl (C=O) groups is 1. The summed E-state index contributed by atoms with van der Waals surface area (Å²) in [6, 6.07) is 24.0. The van der Waals surface area contributed by atoms with E-state index in [4.69, 9.17) is 12.2 Å². The average Bonchev–Trinajstić information content (AvgIpc) is 2.73. The summed E-state index contributed by atoms with van der Waals surface area (Å²) >= 11 is 5.84. The molecule has 0 saturated heterocycles. The van der Waals surface area contributed by atoms with Gasteiger partial charge in [-0.1, -0.05) is 54.7 Å². The van der Waals surface area contributed by atoms with Crippen LogP contribution in [0.15, 0.2) is 72.8 Å². The Morgan fingerprint density at radius 2 is 1.55 bits per heavy atom. The summed E-state index contributed by atoms with van der Waals surface area (Å²) in [5.41, 5.74) is 6.34. The number of amides is 1. The largest absolute Gasteiger partial charge is 0.320 e. The maximum atomic E-state index is 12.7. The standard InChI is InChI=1S/C24H23N3OS/c1-17-10-9-15-22(18(17)2)25-16-26(24(29)21-13-7-8-14-23(21)25)27(19(3)28)20-11-5-4-6-12-20/h4-15H,16H2,1-3H3. The third-order valence-corrected chi connectivity index (χ3v) is 5.77. The summed E-state index contributed by atoms with van der Waals surface area (Å²) in [5.74, 6) is -0.0844. The molecule has 0 aromatic heterocycles. The van der Waals surface area contributed by atoms with Crippen LogP contribution in [-0.4, -0.2) is 22.6 Å². The van der Waals surface area contributed by atoms with E-state index in [-0.39, 0.29) is 5.91 Å². The second-order valence-corrected chi connectivity index (χ2v) is 7.56. The third-order valence-electron chi connectivity index (χ3n) is 5.34. The number of hydrazine groups is 1. The molecule has 0 N–H and O–H groups in total. The first-order valence-electron chi connectivity index (χ1n) is 9.59. The van der Waals surface area contributed by atoms with Crippen molar-refractivity contribution in [1.29, 1.82) is 0 Å². The van der Waals surface area contributed by atoms with Crippen LogP contribution < -0.4 is 9.91 Å². The van der Waals surface area contributed by atoms with E-state index in [1.54, 1.807) is 11.9 Å². The van der Waals surface area contributed by atoms with Gasteiger partial charge in [0.2, 0.25) is 5.91 Å². The van der Waals surface area contributed by atoms with Crippen molar-refractivity contribution < 1.29 is 4.79 Å². The van der Waals surface area contributed by atoms with Crippen LogP contribution >= 0.6 is 12.2 Å². The normalized spacial score (nSPS) is 13.3. The van der Waals surface area contributed by atoms with Gasteiger partial charge in [-0.2, -0.15) is 0 Å². The van der Waals surface area contributed by atoms with E-state index >= 15 is 0 Å². The topological polar surface area (TPSA) is 26.8 Å². The van der Waals surface area contributed by atoms with Gasteiger partial charge in [-0.3, -0.25) is 4.79 Å². The van der Waals surface area contributed by atoms with E-state index in [2.05, 4.69) is 43.0 Å². The summed E-state index contributed by atoms with van der Waals surface area (Å²) < 4.78 is 0. The first kappa shape index (κ1) is 19.2. The van der Waals surface area contributed by atoms with Gasteiger partial charge < -0.3 is 4.90 Å². The lowest BCUT2D eigenvalue weighted by atomic mass is 10.0. The second-order valence-electron chi connectivity index (χ2n) is 7.18. The Morgan fingerprint density at radius 3 is 2.28 bits per heavy atom. The Bertz CT molecular complexity index is 1080. The SMILES string of the molecule is CC(=O)N(c1ccccc1)N1CN(c2cccc(C)c2C)c2ccccc2C1=S. The Kier molecular flexibility index (Phi) is 5.07.